The molecule has 1 aliphatic rings. The van der Waals surface area contributed by atoms with Crippen LogP contribution in [0.15, 0.2) is 24.3 Å². The van der Waals surface area contributed by atoms with Crippen LogP contribution >= 0.6 is 0 Å². The molecule has 2 unspecified atom stereocenters. The van der Waals surface area contributed by atoms with Crippen LogP contribution in [0.4, 0.5) is 0 Å². The van der Waals surface area contributed by atoms with E-state index in [9.17, 15) is 0 Å². The fourth-order valence-corrected chi connectivity index (χ4v) is 2.56. The van der Waals surface area contributed by atoms with Crippen LogP contribution in [0.1, 0.15) is 25.3 Å². The maximum atomic E-state index is 5.74. The van der Waals surface area contributed by atoms with E-state index in [2.05, 4.69) is 24.4 Å². The summed E-state index contributed by atoms with van der Waals surface area (Å²) < 4.78 is 16.5. The summed E-state index contributed by atoms with van der Waals surface area (Å²) in [5.41, 5.74) is 1.27. The summed E-state index contributed by atoms with van der Waals surface area (Å²) in [4.78, 5) is 0. The highest BCUT2D eigenvalue weighted by Gasteiger charge is 2.21. The lowest BCUT2D eigenvalue weighted by atomic mass is 10.1. The summed E-state index contributed by atoms with van der Waals surface area (Å²) >= 11 is 0. The molecule has 4 heteroatoms. The fourth-order valence-electron chi connectivity index (χ4n) is 2.56. The zero-order chi connectivity index (χ0) is 14.9. The second-order valence-corrected chi connectivity index (χ2v) is 5.53. The topological polar surface area (TPSA) is 39.7 Å². The molecule has 0 spiro atoms. The maximum absolute atomic E-state index is 5.74. The number of nitrogens with one attached hydrogen (secondary N) is 1. The molecule has 1 aromatic carbocycles. The molecular formula is C17H27NO3. The average molecular weight is 293 g/mol. The van der Waals surface area contributed by atoms with E-state index < -0.39 is 0 Å². The summed E-state index contributed by atoms with van der Waals surface area (Å²) in [6.45, 7) is 5.36. The van der Waals surface area contributed by atoms with Gasteiger partial charge in [0.2, 0.25) is 0 Å². The van der Waals surface area contributed by atoms with Crippen molar-refractivity contribution in [1.29, 1.82) is 0 Å². The van der Waals surface area contributed by atoms with E-state index in [1.807, 2.05) is 12.1 Å². The van der Waals surface area contributed by atoms with Crippen LogP contribution in [-0.4, -0.2) is 45.6 Å². The molecule has 2 rings (SSSR count). The maximum Gasteiger partial charge on any atom is 0.119 e. The Morgan fingerprint density at radius 3 is 2.76 bits per heavy atom. The molecule has 0 aromatic heterocycles. The van der Waals surface area contributed by atoms with Crippen molar-refractivity contribution in [3.63, 3.8) is 0 Å². The molecule has 21 heavy (non-hydrogen) atoms. The van der Waals surface area contributed by atoms with E-state index >= 15 is 0 Å². The van der Waals surface area contributed by atoms with E-state index in [0.717, 1.165) is 38.3 Å². The summed E-state index contributed by atoms with van der Waals surface area (Å²) in [6, 6.07) is 8.63. The number of hydrogen-bond acceptors (Lipinski definition) is 4. The van der Waals surface area contributed by atoms with Crippen LogP contribution in [-0.2, 0) is 15.9 Å². The third kappa shape index (κ3) is 5.65. The van der Waals surface area contributed by atoms with Gasteiger partial charge in [0.05, 0.1) is 12.7 Å². The van der Waals surface area contributed by atoms with Gasteiger partial charge in [-0.2, -0.15) is 0 Å². The lowest BCUT2D eigenvalue weighted by Gasteiger charge is -2.20. The van der Waals surface area contributed by atoms with Crippen molar-refractivity contribution in [3.8, 4) is 5.75 Å². The molecule has 1 fully saturated rings. The first-order chi connectivity index (χ1) is 10.3. The van der Waals surface area contributed by atoms with Gasteiger partial charge < -0.3 is 19.5 Å². The van der Waals surface area contributed by atoms with Gasteiger partial charge in [0.1, 0.15) is 12.4 Å². The van der Waals surface area contributed by atoms with E-state index in [1.165, 1.54) is 12.0 Å². The Bertz CT molecular complexity index is 388. The lowest BCUT2D eigenvalue weighted by Crippen LogP contribution is -2.39. The van der Waals surface area contributed by atoms with Gasteiger partial charge in [0.25, 0.3) is 0 Å². The molecule has 0 radical (unpaired) electrons. The van der Waals surface area contributed by atoms with Gasteiger partial charge >= 0.3 is 0 Å². The zero-order valence-corrected chi connectivity index (χ0v) is 13.1. The Balaban J connectivity index is 1.61. The second kappa shape index (κ2) is 9.03. The van der Waals surface area contributed by atoms with Crippen LogP contribution in [0.2, 0.25) is 0 Å². The molecule has 1 saturated heterocycles. The van der Waals surface area contributed by atoms with Gasteiger partial charge in [-0.15, -0.1) is 0 Å². The molecule has 118 valence electrons. The van der Waals surface area contributed by atoms with Crippen molar-refractivity contribution >= 4 is 0 Å². The van der Waals surface area contributed by atoms with E-state index in [0.29, 0.717) is 18.8 Å². The number of rotatable bonds is 9. The van der Waals surface area contributed by atoms with Crippen molar-refractivity contribution in [1.82, 2.24) is 5.32 Å². The van der Waals surface area contributed by atoms with E-state index in [1.54, 1.807) is 7.11 Å². The van der Waals surface area contributed by atoms with Crippen LogP contribution in [0.5, 0.6) is 5.75 Å². The zero-order valence-electron chi connectivity index (χ0n) is 13.1. The molecule has 1 aromatic rings. The van der Waals surface area contributed by atoms with Gasteiger partial charge in [-0.1, -0.05) is 12.1 Å². The highest BCUT2D eigenvalue weighted by atomic mass is 16.5. The number of hydrogen-bond donors (Lipinski definition) is 1. The van der Waals surface area contributed by atoms with Gasteiger partial charge in [-0.3, -0.25) is 0 Å². The molecule has 1 N–H and O–H groups in total. The molecule has 0 amide bonds. The second-order valence-electron chi connectivity index (χ2n) is 5.53. The van der Waals surface area contributed by atoms with E-state index in [4.69, 9.17) is 14.2 Å². The smallest absolute Gasteiger partial charge is 0.119 e. The molecule has 4 nitrogen and oxygen atoms in total. The van der Waals surface area contributed by atoms with Crippen LogP contribution in [0.25, 0.3) is 0 Å². The molecule has 1 heterocycles. The third-order valence-electron chi connectivity index (χ3n) is 3.88. The Hall–Kier alpha value is -1.10. The number of benzene rings is 1. The SMILES string of the molecule is COCCc1ccc(OCCNC(C)C2CCCO2)cc1. The van der Waals surface area contributed by atoms with Crippen molar-refractivity contribution in [3.05, 3.63) is 29.8 Å². The minimum absolute atomic E-state index is 0.366. The Labute approximate surface area is 127 Å². The Morgan fingerprint density at radius 1 is 1.29 bits per heavy atom. The summed E-state index contributed by atoms with van der Waals surface area (Å²) in [5, 5.41) is 3.47. The van der Waals surface area contributed by atoms with Crippen molar-refractivity contribution in [2.45, 2.75) is 38.3 Å². The minimum Gasteiger partial charge on any atom is -0.492 e. The average Bonchev–Trinajstić information content (AvgIpc) is 3.05. The third-order valence-corrected chi connectivity index (χ3v) is 3.88. The summed E-state index contributed by atoms with van der Waals surface area (Å²) in [5.74, 6) is 0.919. The largest absolute Gasteiger partial charge is 0.492 e. The predicted molar refractivity (Wildman–Crippen MR) is 84.0 cm³/mol. The molecule has 2 atom stereocenters. The first kappa shape index (κ1) is 16.3. The summed E-state index contributed by atoms with van der Waals surface area (Å²) in [7, 11) is 1.72. The number of ether oxygens (including phenoxy) is 3. The van der Waals surface area contributed by atoms with Crippen LogP contribution < -0.4 is 10.1 Å². The predicted octanol–water partition coefficient (Wildman–Crippen LogP) is 2.41. The van der Waals surface area contributed by atoms with Crippen LogP contribution in [0, 0.1) is 0 Å². The fraction of sp³-hybridized carbons (Fsp3) is 0.647. The number of methoxy groups -OCH3 is 1. The standard InChI is InChI=1S/C17H27NO3/c1-14(17-4-3-11-21-17)18-10-13-20-16-7-5-15(6-8-16)9-12-19-2/h5-8,14,17-18H,3-4,9-13H2,1-2H3. The molecule has 0 bridgehead atoms. The molecule has 1 aliphatic heterocycles. The van der Waals surface area contributed by atoms with Crippen LogP contribution in [0.3, 0.4) is 0 Å². The van der Waals surface area contributed by atoms with Crippen molar-refractivity contribution in [2.24, 2.45) is 0 Å². The summed E-state index contributed by atoms with van der Waals surface area (Å²) in [6.07, 6.45) is 3.66. The molecule has 0 saturated carbocycles. The van der Waals surface area contributed by atoms with Gasteiger partial charge in [0, 0.05) is 26.3 Å². The highest BCUT2D eigenvalue weighted by Crippen LogP contribution is 2.15. The monoisotopic (exact) mass is 293 g/mol. The van der Waals surface area contributed by atoms with Gasteiger partial charge in [0.15, 0.2) is 0 Å². The van der Waals surface area contributed by atoms with Crippen molar-refractivity contribution < 1.29 is 14.2 Å². The lowest BCUT2D eigenvalue weighted by molar-refractivity contribution is 0.0824. The Kier molecular flexibility index (Phi) is 7.00. The van der Waals surface area contributed by atoms with E-state index in [-0.39, 0.29) is 0 Å². The quantitative estimate of drug-likeness (QED) is 0.710. The normalized spacial score (nSPS) is 19.6. The van der Waals surface area contributed by atoms with Crippen molar-refractivity contribution in [2.75, 3.05) is 33.5 Å². The van der Waals surface area contributed by atoms with Gasteiger partial charge in [-0.05, 0) is 43.9 Å². The Morgan fingerprint density at radius 2 is 2.10 bits per heavy atom. The first-order valence-corrected chi connectivity index (χ1v) is 7.85. The van der Waals surface area contributed by atoms with Gasteiger partial charge in [-0.25, -0.2) is 0 Å². The highest BCUT2D eigenvalue weighted by molar-refractivity contribution is 5.27. The molecular weight excluding hydrogens is 266 g/mol. The minimum atomic E-state index is 0.366. The molecule has 0 aliphatic carbocycles. The first-order valence-electron chi connectivity index (χ1n) is 7.85.